The number of hydrogen-bond donors (Lipinski definition) is 2. The van der Waals surface area contributed by atoms with E-state index < -0.39 is 12.1 Å². The summed E-state index contributed by atoms with van der Waals surface area (Å²) in [6, 6.07) is 1.85. The van der Waals surface area contributed by atoms with Crippen LogP contribution < -0.4 is 10.1 Å². The Balaban J connectivity index is 3.17. The van der Waals surface area contributed by atoms with Gasteiger partial charge in [-0.15, -0.1) is 0 Å². The number of hydrogen-bond acceptors (Lipinski definition) is 3. The third-order valence-corrected chi connectivity index (χ3v) is 6.06. The number of nitrogens with one attached hydrogen (secondary N) is 1. The van der Waals surface area contributed by atoms with Crippen LogP contribution in [-0.2, 0) is 4.79 Å². The molecule has 0 aliphatic rings. The van der Waals surface area contributed by atoms with E-state index in [9.17, 15) is 14.7 Å². The molecule has 0 spiro atoms. The van der Waals surface area contributed by atoms with Crippen LogP contribution in [0.5, 0.6) is 5.75 Å². The summed E-state index contributed by atoms with van der Waals surface area (Å²) >= 11 is 6.32. The van der Waals surface area contributed by atoms with Crippen LogP contribution in [0, 0.1) is 16.6 Å². The molecule has 0 heterocycles. The van der Waals surface area contributed by atoms with Gasteiger partial charge >= 0.3 is 5.97 Å². The molecule has 0 bridgehead atoms. The summed E-state index contributed by atoms with van der Waals surface area (Å²) in [4.78, 5) is 24.0. The predicted molar refractivity (Wildman–Crippen MR) is 123 cm³/mol. The van der Waals surface area contributed by atoms with Gasteiger partial charge in [-0.1, -0.05) is 27.2 Å². The van der Waals surface area contributed by atoms with Crippen LogP contribution >= 0.6 is 67.8 Å². The van der Waals surface area contributed by atoms with E-state index in [1.54, 1.807) is 0 Å². The fourth-order valence-electron chi connectivity index (χ4n) is 2.04. The highest BCUT2D eigenvalue weighted by Gasteiger charge is 2.25. The molecular weight excluding hydrogens is 663 g/mol. The summed E-state index contributed by atoms with van der Waals surface area (Å²) < 4.78 is 8.08. The number of aliphatic carboxylic acids is 1. The standard InChI is InChI=1S/C17H22I3NO4/c1-4-5-6-12(17(23)24)25-15-11(19)7-10(18)13(14(15)20)16(22)21-8-9(2)3/h7,9,12H,4-6,8H2,1-3H3,(H,21,22)(H,23,24). The van der Waals surface area contributed by atoms with Crippen molar-refractivity contribution in [2.45, 2.75) is 46.1 Å². The second-order valence-electron chi connectivity index (χ2n) is 6.05. The molecule has 0 aromatic heterocycles. The third-order valence-electron chi connectivity index (χ3n) is 3.38. The monoisotopic (exact) mass is 685 g/mol. The van der Waals surface area contributed by atoms with Crippen molar-refractivity contribution in [3.05, 3.63) is 22.3 Å². The minimum atomic E-state index is -0.982. The lowest BCUT2D eigenvalue weighted by molar-refractivity contribution is -0.145. The van der Waals surface area contributed by atoms with Gasteiger partial charge in [0.15, 0.2) is 6.10 Å². The van der Waals surface area contributed by atoms with Crippen LogP contribution in [0.15, 0.2) is 6.07 Å². The minimum Gasteiger partial charge on any atom is -0.479 e. The van der Waals surface area contributed by atoms with E-state index >= 15 is 0 Å². The van der Waals surface area contributed by atoms with Gasteiger partial charge in [0.2, 0.25) is 0 Å². The Kier molecular flexibility index (Phi) is 10.3. The van der Waals surface area contributed by atoms with Crippen molar-refractivity contribution < 1.29 is 19.4 Å². The number of rotatable bonds is 9. The quantitative estimate of drug-likeness (QED) is 0.363. The van der Waals surface area contributed by atoms with Gasteiger partial charge in [-0.2, -0.15) is 0 Å². The fraction of sp³-hybridized carbons (Fsp3) is 0.529. The van der Waals surface area contributed by atoms with Crippen molar-refractivity contribution in [3.8, 4) is 5.75 Å². The summed E-state index contributed by atoms with van der Waals surface area (Å²) in [5.41, 5.74) is 0.539. The van der Waals surface area contributed by atoms with E-state index in [1.807, 2.05) is 26.8 Å². The molecule has 1 rings (SSSR count). The van der Waals surface area contributed by atoms with Crippen LogP contribution in [0.3, 0.4) is 0 Å². The van der Waals surface area contributed by atoms with Crippen molar-refractivity contribution in [3.63, 3.8) is 0 Å². The second kappa shape index (κ2) is 11.1. The molecule has 0 radical (unpaired) electrons. The molecule has 140 valence electrons. The van der Waals surface area contributed by atoms with E-state index in [4.69, 9.17) is 4.74 Å². The average Bonchev–Trinajstić information content (AvgIpc) is 2.51. The Bertz CT molecular complexity index is 635. The van der Waals surface area contributed by atoms with Gasteiger partial charge in [-0.05, 0) is 92.6 Å². The van der Waals surface area contributed by atoms with Crippen molar-refractivity contribution in [1.29, 1.82) is 0 Å². The van der Waals surface area contributed by atoms with Gasteiger partial charge in [-0.25, -0.2) is 4.79 Å². The van der Waals surface area contributed by atoms with Crippen molar-refractivity contribution in [2.75, 3.05) is 6.54 Å². The molecule has 1 unspecified atom stereocenters. The third kappa shape index (κ3) is 7.00. The van der Waals surface area contributed by atoms with E-state index in [-0.39, 0.29) is 5.91 Å². The van der Waals surface area contributed by atoms with Crippen LogP contribution in [0.25, 0.3) is 0 Å². The number of ether oxygens (including phenoxy) is 1. The summed E-state index contributed by atoms with van der Waals surface area (Å²) in [5.74, 6) is -0.322. The summed E-state index contributed by atoms with van der Waals surface area (Å²) in [5, 5.41) is 12.3. The van der Waals surface area contributed by atoms with Gasteiger partial charge in [0.25, 0.3) is 5.91 Å². The molecule has 2 N–H and O–H groups in total. The van der Waals surface area contributed by atoms with E-state index in [0.29, 0.717) is 33.8 Å². The molecule has 1 atom stereocenters. The SMILES string of the molecule is CCCCC(Oc1c(I)cc(I)c(C(=O)NCC(C)C)c1I)C(=O)O. The predicted octanol–water partition coefficient (Wildman–Crippen LogP) is 4.91. The average molecular weight is 685 g/mol. The minimum absolute atomic E-state index is 0.163. The highest BCUT2D eigenvalue weighted by atomic mass is 127. The molecular formula is C17H22I3NO4. The van der Waals surface area contributed by atoms with E-state index in [2.05, 4.69) is 73.1 Å². The molecule has 0 aliphatic carbocycles. The van der Waals surface area contributed by atoms with Crippen LogP contribution in [0.1, 0.15) is 50.4 Å². The van der Waals surface area contributed by atoms with Gasteiger partial charge < -0.3 is 15.2 Å². The number of carboxylic acid groups (broad SMARTS) is 1. The van der Waals surface area contributed by atoms with Crippen molar-refractivity contribution in [1.82, 2.24) is 5.32 Å². The molecule has 1 aromatic carbocycles. The molecule has 1 amide bonds. The molecule has 8 heteroatoms. The van der Waals surface area contributed by atoms with E-state index in [1.165, 1.54) is 0 Å². The zero-order chi connectivity index (χ0) is 19.1. The van der Waals surface area contributed by atoms with E-state index in [0.717, 1.165) is 20.0 Å². The van der Waals surface area contributed by atoms with Gasteiger partial charge in [0.05, 0.1) is 12.7 Å². The molecule has 25 heavy (non-hydrogen) atoms. The number of carboxylic acids is 1. The molecule has 0 saturated heterocycles. The largest absolute Gasteiger partial charge is 0.479 e. The Morgan fingerprint density at radius 1 is 1.24 bits per heavy atom. The first kappa shape index (κ1) is 23.2. The normalized spacial score (nSPS) is 12.1. The van der Waals surface area contributed by atoms with Crippen molar-refractivity contribution in [2.24, 2.45) is 5.92 Å². The van der Waals surface area contributed by atoms with Gasteiger partial charge in [-0.3, -0.25) is 4.79 Å². The zero-order valence-corrected chi connectivity index (χ0v) is 20.8. The summed E-state index contributed by atoms with van der Waals surface area (Å²) in [6.07, 6.45) is 1.21. The maximum Gasteiger partial charge on any atom is 0.344 e. The Morgan fingerprint density at radius 3 is 2.40 bits per heavy atom. The topological polar surface area (TPSA) is 75.6 Å². The van der Waals surface area contributed by atoms with Crippen LogP contribution in [0.2, 0.25) is 0 Å². The summed E-state index contributed by atoms with van der Waals surface area (Å²) in [7, 11) is 0. The number of carbonyl (C=O) groups excluding carboxylic acids is 1. The maximum absolute atomic E-state index is 12.6. The molecule has 0 aliphatic heterocycles. The number of benzene rings is 1. The van der Waals surface area contributed by atoms with Crippen LogP contribution in [0.4, 0.5) is 0 Å². The Hall–Kier alpha value is 0.150. The highest BCUT2D eigenvalue weighted by Crippen LogP contribution is 2.34. The number of halogens is 3. The van der Waals surface area contributed by atoms with Crippen molar-refractivity contribution >= 4 is 79.6 Å². The number of unbranched alkanes of at least 4 members (excludes halogenated alkanes) is 1. The zero-order valence-electron chi connectivity index (χ0n) is 14.4. The van der Waals surface area contributed by atoms with Gasteiger partial charge in [0.1, 0.15) is 5.75 Å². The van der Waals surface area contributed by atoms with Crippen LogP contribution in [-0.4, -0.2) is 29.6 Å². The first-order valence-electron chi connectivity index (χ1n) is 8.04. The lowest BCUT2D eigenvalue weighted by Crippen LogP contribution is -2.30. The molecule has 5 nitrogen and oxygen atoms in total. The lowest BCUT2D eigenvalue weighted by Gasteiger charge is -2.20. The molecule has 0 saturated carbocycles. The number of amides is 1. The van der Waals surface area contributed by atoms with Gasteiger partial charge in [0, 0.05) is 10.1 Å². The smallest absolute Gasteiger partial charge is 0.344 e. The Labute approximate surface area is 189 Å². The first-order chi connectivity index (χ1) is 11.7. The maximum atomic E-state index is 12.6. The highest BCUT2D eigenvalue weighted by molar-refractivity contribution is 14.1. The first-order valence-corrected chi connectivity index (χ1v) is 11.3. The molecule has 1 aromatic rings. The molecule has 0 fully saturated rings. The summed E-state index contributed by atoms with van der Waals surface area (Å²) in [6.45, 7) is 6.66. The Morgan fingerprint density at radius 2 is 1.88 bits per heavy atom. The number of carbonyl (C=O) groups is 2. The second-order valence-corrected chi connectivity index (χ2v) is 9.45. The fourth-order valence-corrected chi connectivity index (χ4v) is 6.15. The lowest BCUT2D eigenvalue weighted by atomic mass is 10.1.